The quantitative estimate of drug-likeness (QED) is 0.829. The van der Waals surface area contributed by atoms with Crippen LogP contribution < -0.4 is 0 Å². The molecule has 2 rings (SSSR count). The lowest BCUT2D eigenvalue weighted by atomic mass is 10.0. The standard InChI is InChI=1S/C14H17F3O2/c1-2-3-9-7-18-14(19-8-9)10-4-12(16)11(6-15)13(17)5-10/h4-5,9,14H,2-3,6-8H2,1H3. The van der Waals surface area contributed by atoms with Gasteiger partial charge in [-0.3, -0.25) is 0 Å². The first-order chi connectivity index (χ1) is 9.15. The zero-order valence-corrected chi connectivity index (χ0v) is 10.8. The third kappa shape index (κ3) is 3.28. The van der Waals surface area contributed by atoms with E-state index in [2.05, 4.69) is 6.92 Å². The fraction of sp³-hybridized carbons (Fsp3) is 0.571. The molecular formula is C14H17F3O2. The topological polar surface area (TPSA) is 18.5 Å². The van der Waals surface area contributed by atoms with Crippen LogP contribution in [0.4, 0.5) is 13.2 Å². The van der Waals surface area contributed by atoms with Gasteiger partial charge in [-0.1, -0.05) is 13.3 Å². The van der Waals surface area contributed by atoms with Crippen LogP contribution in [-0.2, 0) is 16.1 Å². The average molecular weight is 274 g/mol. The van der Waals surface area contributed by atoms with Crippen LogP contribution in [0.5, 0.6) is 0 Å². The van der Waals surface area contributed by atoms with E-state index >= 15 is 0 Å². The molecule has 0 atom stereocenters. The van der Waals surface area contributed by atoms with Gasteiger partial charge in [0, 0.05) is 11.5 Å². The van der Waals surface area contributed by atoms with Gasteiger partial charge in [0.05, 0.1) is 18.8 Å². The van der Waals surface area contributed by atoms with Gasteiger partial charge in [0.1, 0.15) is 18.3 Å². The highest BCUT2D eigenvalue weighted by molar-refractivity contribution is 5.26. The lowest BCUT2D eigenvalue weighted by Gasteiger charge is -2.29. The van der Waals surface area contributed by atoms with Crippen molar-refractivity contribution in [3.8, 4) is 0 Å². The third-order valence-electron chi connectivity index (χ3n) is 3.23. The minimum Gasteiger partial charge on any atom is -0.348 e. The lowest BCUT2D eigenvalue weighted by Crippen LogP contribution is -2.27. The van der Waals surface area contributed by atoms with E-state index in [0.29, 0.717) is 19.1 Å². The van der Waals surface area contributed by atoms with Gasteiger partial charge < -0.3 is 9.47 Å². The van der Waals surface area contributed by atoms with E-state index in [4.69, 9.17) is 9.47 Å². The Balaban J connectivity index is 2.07. The molecule has 0 unspecified atom stereocenters. The maximum absolute atomic E-state index is 13.5. The summed E-state index contributed by atoms with van der Waals surface area (Å²) in [6, 6.07) is 2.14. The maximum Gasteiger partial charge on any atom is 0.184 e. The Kier molecular flexibility index (Phi) is 4.82. The average Bonchev–Trinajstić information content (AvgIpc) is 2.39. The van der Waals surface area contributed by atoms with Crippen molar-refractivity contribution in [1.29, 1.82) is 0 Å². The summed E-state index contributed by atoms with van der Waals surface area (Å²) in [5.41, 5.74) is -0.300. The Labute approximate surface area is 110 Å². The zero-order chi connectivity index (χ0) is 13.8. The predicted octanol–water partition coefficient (Wildman–Crippen LogP) is 3.90. The molecule has 1 fully saturated rings. The van der Waals surface area contributed by atoms with Gasteiger partial charge in [0.15, 0.2) is 6.29 Å². The van der Waals surface area contributed by atoms with Crippen molar-refractivity contribution in [3.05, 3.63) is 34.9 Å². The largest absolute Gasteiger partial charge is 0.348 e. The third-order valence-corrected chi connectivity index (χ3v) is 3.23. The summed E-state index contributed by atoms with van der Waals surface area (Å²) in [7, 11) is 0. The van der Waals surface area contributed by atoms with Crippen molar-refractivity contribution in [3.63, 3.8) is 0 Å². The van der Waals surface area contributed by atoms with Crippen LogP contribution in [0.1, 0.15) is 37.2 Å². The Morgan fingerprint density at radius 2 is 1.74 bits per heavy atom. The van der Waals surface area contributed by atoms with Crippen LogP contribution in [-0.4, -0.2) is 13.2 Å². The molecule has 1 aromatic carbocycles. The van der Waals surface area contributed by atoms with Crippen molar-refractivity contribution in [2.75, 3.05) is 13.2 Å². The molecule has 0 bridgehead atoms. The highest BCUT2D eigenvalue weighted by Crippen LogP contribution is 2.29. The van der Waals surface area contributed by atoms with E-state index in [0.717, 1.165) is 25.0 Å². The highest BCUT2D eigenvalue weighted by atomic mass is 19.1. The summed E-state index contributed by atoms with van der Waals surface area (Å²) in [5, 5.41) is 0. The van der Waals surface area contributed by atoms with Crippen molar-refractivity contribution in [1.82, 2.24) is 0 Å². The Morgan fingerprint density at radius 1 is 1.16 bits per heavy atom. The summed E-state index contributed by atoms with van der Waals surface area (Å²) < 4.78 is 50.3. The second-order valence-corrected chi connectivity index (χ2v) is 4.75. The minimum absolute atomic E-state index is 0.252. The number of rotatable bonds is 4. The van der Waals surface area contributed by atoms with Gasteiger partial charge in [0.25, 0.3) is 0 Å². The Hall–Kier alpha value is -1.07. The molecule has 1 heterocycles. The highest BCUT2D eigenvalue weighted by Gasteiger charge is 2.25. The summed E-state index contributed by atoms with van der Waals surface area (Å²) in [5.74, 6) is -1.48. The Bertz CT molecular complexity index is 406. The molecule has 106 valence electrons. The van der Waals surface area contributed by atoms with Crippen molar-refractivity contribution < 1.29 is 22.6 Å². The molecular weight excluding hydrogens is 257 g/mol. The van der Waals surface area contributed by atoms with Crippen molar-refractivity contribution in [2.45, 2.75) is 32.7 Å². The van der Waals surface area contributed by atoms with Crippen LogP contribution >= 0.6 is 0 Å². The molecule has 1 aliphatic rings. The van der Waals surface area contributed by atoms with Crippen LogP contribution in [0.25, 0.3) is 0 Å². The molecule has 1 aromatic rings. The predicted molar refractivity (Wildman–Crippen MR) is 64.2 cm³/mol. The number of hydrogen-bond donors (Lipinski definition) is 0. The van der Waals surface area contributed by atoms with E-state index in [1.54, 1.807) is 0 Å². The van der Waals surface area contributed by atoms with E-state index in [1.165, 1.54) is 0 Å². The monoisotopic (exact) mass is 274 g/mol. The second kappa shape index (κ2) is 6.39. The second-order valence-electron chi connectivity index (χ2n) is 4.75. The lowest BCUT2D eigenvalue weighted by molar-refractivity contribution is -0.206. The molecule has 0 aromatic heterocycles. The summed E-state index contributed by atoms with van der Waals surface area (Å²) in [4.78, 5) is 0. The van der Waals surface area contributed by atoms with Gasteiger partial charge in [-0.05, 0) is 18.6 Å². The molecule has 0 amide bonds. The van der Waals surface area contributed by atoms with Gasteiger partial charge in [-0.2, -0.15) is 0 Å². The van der Waals surface area contributed by atoms with E-state index in [9.17, 15) is 13.2 Å². The van der Waals surface area contributed by atoms with Crippen LogP contribution in [0.15, 0.2) is 12.1 Å². The van der Waals surface area contributed by atoms with E-state index in [1.807, 2.05) is 0 Å². The number of halogens is 3. The van der Waals surface area contributed by atoms with Crippen LogP contribution in [0.3, 0.4) is 0 Å². The van der Waals surface area contributed by atoms with Gasteiger partial charge >= 0.3 is 0 Å². The fourth-order valence-electron chi connectivity index (χ4n) is 2.20. The molecule has 0 aliphatic carbocycles. The summed E-state index contributed by atoms with van der Waals surface area (Å²) in [6.07, 6.45) is 1.26. The first-order valence-electron chi connectivity index (χ1n) is 6.42. The maximum atomic E-state index is 13.5. The van der Waals surface area contributed by atoms with Gasteiger partial charge in [-0.25, -0.2) is 13.2 Å². The molecule has 19 heavy (non-hydrogen) atoms. The molecule has 1 aliphatic heterocycles. The molecule has 5 heteroatoms. The Morgan fingerprint density at radius 3 is 2.21 bits per heavy atom. The summed E-state index contributed by atoms with van der Waals surface area (Å²) in [6.45, 7) is 1.93. The fourth-order valence-corrected chi connectivity index (χ4v) is 2.20. The molecule has 0 radical (unpaired) electrons. The molecule has 1 saturated heterocycles. The first kappa shape index (κ1) is 14.3. The molecule has 0 spiro atoms. The van der Waals surface area contributed by atoms with Crippen LogP contribution in [0.2, 0.25) is 0 Å². The molecule has 2 nitrogen and oxygen atoms in total. The smallest absolute Gasteiger partial charge is 0.184 e. The van der Waals surface area contributed by atoms with Crippen molar-refractivity contribution >= 4 is 0 Å². The number of ether oxygens (including phenoxy) is 2. The molecule has 0 saturated carbocycles. The van der Waals surface area contributed by atoms with E-state index < -0.39 is 30.2 Å². The minimum atomic E-state index is -1.16. The normalized spacial score (nSPS) is 23.6. The number of hydrogen-bond acceptors (Lipinski definition) is 2. The van der Waals surface area contributed by atoms with Gasteiger partial charge in [0.2, 0.25) is 0 Å². The summed E-state index contributed by atoms with van der Waals surface area (Å²) >= 11 is 0. The first-order valence-corrected chi connectivity index (χ1v) is 6.42. The van der Waals surface area contributed by atoms with Crippen molar-refractivity contribution in [2.24, 2.45) is 5.92 Å². The number of alkyl halides is 1. The SMILES string of the molecule is CCCC1COC(c2cc(F)c(CF)c(F)c2)OC1. The van der Waals surface area contributed by atoms with Crippen LogP contribution in [0, 0.1) is 17.6 Å². The molecule has 0 N–H and O–H groups in total. The zero-order valence-electron chi connectivity index (χ0n) is 10.8. The van der Waals surface area contributed by atoms with E-state index in [-0.39, 0.29) is 5.56 Å². The number of benzene rings is 1. The van der Waals surface area contributed by atoms with Gasteiger partial charge in [-0.15, -0.1) is 0 Å².